The molecule has 0 saturated heterocycles. The second-order valence-electron chi connectivity index (χ2n) is 3.92. The molecule has 2 rings (SSSR count). The van der Waals surface area contributed by atoms with E-state index in [1.54, 1.807) is 0 Å². The maximum absolute atomic E-state index is 5.77. The van der Waals surface area contributed by atoms with Crippen molar-refractivity contribution in [1.29, 1.82) is 0 Å². The van der Waals surface area contributed by atoms with Gasteiger partial charge >= 0.3 is 0 Å². The number of benzene rings is 2. The van der Waals surface area contributed by atoms with Gasteiger partial charge in [0.15, 0.2) is 0 Å². The fourth-order valence-electron chi connectivity index (χ4n) is 1.64. The van der Waals surface area contributed by atoms with Crippen molar-refractivity contribution in [2.75, 3.05) is 6.61 Å². The molecule has 0 aliphatic heterocycles. The standard InChI is InChI=1S/C15H14Br2O2/c1-2-18-15-13(16)8-12(9-14(15)17)19-10-11-6-4-3-5-7-11/h3-9H,2,10H2,1H3. The molecule has 19 heavy (non-hydrogen) atoms. The van der Waals surface area contributed by atoms with Crippen LogP contribution in [0.5, 0.6) is 11.5 Å². The molecule has 0 spiro atoms. The maximum Gasteiger partial charge on any atom is 0.147 e. The van der Waals surface area contributed by atoms with Crippen molar-refractivity contribution in [3.63, 3.8) is 0 Å². The molecule has 0 aliphatic carbocycles. The van der Waals surface area contributed by atoms with Crippen LogP contribution in [0.1, 0.15) is 12.5 Å². The molecule has 0 atom stereocenters. The van der Waals surface area contributed by atoms with E-state index < -0.39 is 0 Å². The first kappa shape index (κ1) is 14.4. The van der Waals surface area contributed by atoms with E-state index in [0.717, 1.165) is 26.0 Å². The summed E-state index contributed by atoms with van der Waals surface area (Å²) in [5.41, 5.74) is 1.14. The summed E-state index contributed by atoms with van der Waals surface area (Å²) in [4.78, 5) is 0. The molecule has 0 saturated carbocycles. The highest BCUT2D eigenvalue weighted by atomic mass is 79.9. The fraction of sp³-hybridized carbons (Fsp3) is 0.200. The van der Waals surface area contributed by atoms with Gasteiger partial charge in [0.25, 0.3) is 0 Å². The second-order valence-corrected chi connectivity index (χ2v) is 5.63. The third-order valence-corrected chi connectivity index (χ3v) is 3.69. The lowest BCUT2D eigenvalue weighted by Gasteiger charge is -2.12. The van der Waals surface area contributed by atoms with Crippen LogP contribution in [0.3, 0.4) is 0 Å². The predicted molar refractivity (Wildman–Crippen MR) is 83.8 cm³/mol. The van der Waals surface area contributed by atoms with Crippen molar-refractivity contribution in [1.82, 2.24) is 0 Å². The Morgan fingerprint density at radius 1 is 0.947 bits per heavy atom. The quantitative estimate of drug-likeness (QED) is 0.705. The van der Waals surface area contributed by atoms with Crippen LogP contribution >= 0.6 is 31.9 Å². The molecule has 2 aromatic rings. The Bertz CT molecular complexity index is 518. The first-order valence-corrected chi connectivity index (χ1v) is 7.58. The largest absolute Gasteiger partial charge is 0.492 e. The van der Waals surface area contributed by atoms with E-state index in [4.69, 9.17) is 9.47 Å². The minimum Gasteiger partial charge on any atom is -0.492 e. The molecule has 0 N–H and O–H groups in total. The van der Waals surface area contributed by atoms with E-state index in [1.807, 2.05) is 49.4 Å². The van der Waals surface area contributed by atoms with E-state index >= 15 is 0 Å². The smallest absolute Gasteiger partial charge is 0.147 e. The summed E-state index contributed by atoms with van der Waals surface area (Å²) >= 11 is 6.98. The molecule has 0 bridgehead atoms. The summed E-state index contributed by atoms with van der Waals surface area (Å²) in [5.74, 6) is 1.60. The van der Waals surface area contributed by atoms with E-state index in [2.05, 4.69) is 31.9 Å². The first-order valence-electron chi connectivity index (χ1n) is 5.99. The van der Waals surface area contributed by atoms with Crippen LogP contribution in [-0.4, -0.2) is 6.61 Å². The fourth-order valence-corrected chi connectivity index (χ4v) is 3.02. The lowest BCUT2D eigenvalue weighted by Crippen LogP contribution is -1.97. The van der Waals surface area contributed by atoms with Gasteiger partial charge in [-0.1, -0.05) is 30.3 Å². The van der Waals surface area contributed by atoms with Gasteiger partial charge in [0.1, 0.15) is 18.1 Å². The molecule has 4 heteroatoms. The van der Waals surface area contributed by atoms with Crippen molar-refractivity contribution in [3.05, 3.63) is 57.0 Å². The Labute approximate surface area is 130 Å². The topological polar surface area (TPSA) is 18.5 Å². The van der Waals surface area contributed by atoms with Crippen molar-refractivity contribution in [2.45, 2.75) is 13.5 Å². The lowest BCUT2D eigenvalue weighted by molar-refractivity contribution is 0.302. The number of halogens is 2. The SMILES string of the molecule is CCOc1c(Br)cc(OCc2ccccc2)cc1Br. The van der Waals surface area contributed by atoms with Gasteiger partial charge in [0.2, 0.25) is 0 Å². The molecule has 100 valence electrons. The Morgan fingerprint density at radius 2 is 1.58 bits per heavy atom. The van der Waals surface area contributed by atoms with Crippen LogP contribution in [0.4, 0.5) is 0 Å². The Morgan fingerprint density at radius 3 is 2.16 bits per heavy atom. The van der Waals surface area contributed by atoms with Crippen LogP contribution in [0, 0.1) is 0 Å². The van der Waals surface area contributed by atoms with Crippen LogP contribution in [0.15, 0.2) is 51.4 Å². The van der Waals surface area contributed by atoms with Crippen molar-refractivity contribution in [2.24, 2.45) is 0 Å². The highest BCUT2D eigenvalue weighted by Gasteiger charge is 2.09. The summed E-state index contributed by atoms with van der Waals surface area (Å²) in [6, 6.07) is 13.9. The van der Waals surface area contributed by atoms with Crippen molar-refractivity contribution >= 4 is 31.9 Å². The van der Waals surface area contributed by atoms with Crippen LogP contribution < -0.4 is 9.47 Å². The van der Waals surface area contributed by atoms with Gasteiger partial charge in [0, 0.05) is 0 Å². The monoisotopic (exact) mass is 384 g/mol. The Hall–Kier alpha value is -1.00. The minimum absolute atomic E-state index is 0.549. The normalized spacial score (nSPS) is 10.3. The molecule has 0 heterocycles. The van der Waals surface area contributed by atoms with Gasteiger partial charge in [-0.15, -0.1) is 0 Å². The summed E-state index contributed by atoms with van der Waals surface area (Å²) < 4.78 is 13.1. The van der Waals surface area contributed by atoms with E-state index in [9.17, 15) is 0 Å². The molecule has 0 amide bonds. The summed E-state index contributed by atoms with van der Waals surface area (Å²) in [6.45, 7) is 3.13. The Balaban J connectivity index is 2.09. The van der Waals surface area contributed by atoms with E-state index in [1.165, 1.54) is 0 Å². The van der Waals surface area contributed by atoms with E-state index in [-0.39, 0.29) is 0 Å². The average Bonchev–Trinajstić information content (AvgIpc) is 2.42. The maximum atomic E-state index is 5.77. The molecule has 2 nitrogen and oxygen atoms in total. The zero-order valence-corrected chi connectivity index (χ0v) is 13.7. The molecule has 2 aromatic carbocycles. The number of rotatable bonds is 5. The second kappa shape index (κ2) is 6.96. The molecule has 0 fully saturated rings. The molecule has 0 aromatic heterocycles. The van der Waals surface area contributed by atoms with E-state index in [0.29, 0.717) is 13.2 Å². The van der Waals surface area contributed by atoms with Crippen LogP contribution in [-0.2, 0) is 6.61 Å². The summed E-state index contributed by atoms with van der Waals surface area (Å²) in [7, 11) is 0. The third kappa shape index (κ3) is 3.98. The summed E-state index contributed by atoms with van der Waals surface area (Å²) in [5, 5.41) is 0. The van der Waals surface area contributed by atoms with Gasteiger partial charge in [-0.25, -0.2) is 0 Å². The zero-order chi connectivity index (χ0) is 13.7. The number of hydrogen-bond donors (Lipinski definition) is 0. The average molecular weight is 386 g/mol. The van der Waals surface area contributed by atoms with Crippen molar-refractivity contribution < 1.29 is 9.47 Å². The van der Waals surface area contributed by atoms with Gasteiger partial charge in [-0.3, -0.25) is 0 Å². The van der Waals surface area contributed by atoms with Gasteiger partial charge in [-0.05, 0) is 56.5 Å². The Kier molecular flexibility index (Phi) is 5.28. The minimum atomic E-state index is 0.549. The highest BCUT2D eigenvalue weighted by Crippen LogP contribution is 2.37. The number of hydrogen-bond acceptors (Lipinski definition) is 2. The van der Waals surface area contributed by atoms with Crippen molar-refractivity contribution in [3.8, 4) is 11.5 Å². The molecular formula is C15H14Br2O2. The molecule has 0 aliphatic rings. The highest BCUT2D eigenvalue weighted by molar-refractivity contribution is 9.11. The van der Waals surface area contributed by atoms with Gasteiger partial charge in [-0.2, -0.15) is 0 Å². The molecule has 0 unspecified atom stereocenters. The molecular weight excluding hydrogens is 372 g/mol. The van der Waals surface area contributed by atoms with Gasteiger partial charge in [0.05, 0.1) is 15.6 Å². The first-order chi connectivity index (χ1) is 9.20. The lowest BCUT2D eigenvalue weighted by atomic mass is 10.2. The molecule has 0 radical (unpaired) electrons. The van der Waals surface area contributed by atoms with Gasteiger partial charge < -0.3 is 9.47 Å². The third-order valence-electron chi connectivity index (χ3n) is 2.51. The summed E-state index contributed by atoms with van der Waals surface area (Å²) in [6.07, 6.45) is 0. The number of ether oxygens (including phenoxy) is 2. The van der Waals surface area contributed by atoms with Crippen LogP contribution in [0.25, 0.3) is 0 Å². The zero-order valence-electron chi connectivity index (χ0n) is 10.5. The predicted octanol–water partition coefficient (Wildman–Crippen LogP) is 5.19. The van der Waals surface area contributed by atoms with Crippen LogP contribution in [0.2, 0.25) is 0 Å².